The highest BCUT2D eigenvalue weighted by Crippen LogP contribution is 2.24. The molecule has 3 rings (SSSR count). The van der Waals surface area contributed by atoms with Crippen LogP contribution in [0.3, 0.4) is 0 Å². The lowest BCUT2D eigenvalue weighted by Gasteiger charge is -2.10. The largest absolute Gasteiger partial charge is 0.508 e. The quantitative estimate of drug-likeness (QED) is 0.488. The van der Waals surface area contributed by atoms with Crippen LogP contribution in [0.2, 0.25) is 0 Å². The van der Waals surface area contributed by atoms with Crippen LogP contribution in [-0.4, -0.2) is 30.4 Å². The van der Waals surface area contributed by atoms with Crippen LogP contribution >= 0.6 is 0 Å². The molecule has 1 saturated heterocycles. The van der Waals surface area contributed by atoms with E-state index >= 15 is 0 Å². The normalized spacial score (nSPS) is 19.9. The molecule has 0 saturated carbocycles. The lowest BCUT2D eigenvalue weighted by molar-refractivity contribution is -0.122. The summed E-state index contributed by atoms with van der Waals surface area (Å²) in [7, 11) is 1.63. The van der Waals surface area contributed by atoms with Gasteiger partial charge in [-0.2, -0.15) is 5.10 Å². The molecule has 0 aromatic heterocycles. The van der Waals surface area contributed by atoms with Crippen LogP contribution in [0.25, 0.3) is 0 Å². The summed E-state index contributed by atoms with van der Waals surface area (Å²) in [6.45, 7) is 0. The Hall–Kier alpha value is -2.90. The van der Waals surface area contributed by atoms with Gasteiger partial charge in [-0.05, 0) is 53.9 Å². The number of amides is 1. The molecule has 0 radical (unpaired) electrons. The number of carbonyl (C=O) groups excluding carboxylic acids is 1. The fourth-order valence-electron chi connectivity index (χ4n) is 2.59. The van der Waals surface area contributed by atoms with Gasteiger partial charge in [-0.25, -0.2) is 16.3 Å². The van der Waals surface area contributed by atoms with E-state index in [1.165, 1.54) is 6.21 Å². The monoisotopic (exact) mass is 340 g/mol. The second-order valence-corrected chi connectivity index (χ2v) is 5.73. The van der Waals surface area contributed by atoms with Crippen molar-refractivity contribution in [2.45, 2.75) is 18.5 Å². The molecule has 0 aliphatic carbocycles. The van der Waals surface area contributed by atoms with Gasteiger partial charge in [0, 0.05) is 6.04 Å². The summed E-state index contributed by atoms with van der Waals surface area (Å²) in [4.78, 5) is 12.2. The molecule has 1 aliphatic heterocycles. The average Bonchev–Trinajstić information content (AvgIpc) is 3.13. The van der Waals surface area contributed by atoms with Crippen LogP contribution in [0.1, 0.15) is 23.6 Å². The molecule has 7 heteroatoms. The molecule has 1 aliphatic rings. The summed E-state index contributed by atoms with van der Waals surface area (Å²) >= 11 is 0. The molecule has 130 valence electrons. The summed E-state index contributed by atoms with van der Waals surface area (Å²) in [5.74, 6) is 0.776. The summed E-state index contributed by atoms with van der Waals surface area (Å²) in [6.07, 6.45) is 2.15. The molecule has 7 nitrogen and oxygen atoms in total. The molecule has 2 unspecified atom stereocenters. The third kappa shape index (κ3) is 4.34. The third-order valence-corrected chi connectivity index (χ3v) is 4.02. The van der Waals surface area contributed by atoms with Gasteiger partial charge >= 0.3 is 0 Å². The number of nitrogens with zero attached hydrogens (tertiary/aromatic N) is 1. The molecule has 0 spiro atoms. The number of hydrogen-bond acceptors (Lipinski definition) is 6. The van der Waals surface area contributed by atoms with Gasteiger partial charge in [0.2, 0.25) is 0 Å². The molecule has 2 aromatic carbocycles. The predicted molar refractivity (Wildman–Crippen MR) is 94.3 cm³/mol. The van der Waals surface area contributed by atoms with E-state index in [1.807, 2.05) is 24.3 Å². The first-order valence-corrected chi connectivity index (χ1v) is 7.92. The Bertz CT molecular complexity index is 744. The number of hydrazine groups is 1. The predicted octanol–water partition coefficient (Wildman–Crippen LogP) is 1.46. The fraction of sp³-hybridized carbons (Fsp3) is 0.222. The second kappa shape index (κ2) is 7.78. The Morgan fingerprint density at radius 2 is 1.92 bits per heavy atom. The Morgan fingerprint density at radius 3 is 2.60 bits per heavy atom. The van der Waals surface area contributed by atoms with E-state index in [-0.39, 0.29) is 23.7 Å². The first-order chi connectivity index (χ1) is 12.2. The third-order valence-electron chi connectivity index (χ3n) is 4.02. The summed E-state index contributed by atoms with van der Waals surface area (Å²) in [5, 5.41) is 13.2. The highest BCUT2D eigenvalue weighted by molar-refractivity contribution is 5.85. The highest BCUT2D eigenvalue weighted by atomic mass is 16.5. The number of carbonyl (C=O) groups is 1. The first kappa shape index (κ1) is 16.9. The van der Waals surface area contributed by atoms with Crippen LogP contribution in [-0.2, 0) is 4.79 Å². The minimum Gasteiger partial charge on any atom is -0.508 e. The van der Waals surface area contributed by atoms with Crippen molar-refractivity contribution in [1.82, 2.24) is 16.3 Å². The number of benzene rings is 2. The van der Waals surface area contributed by atoms with Gasteiger partial charge in [0.05, 0.1) is 13.3 Å². The smallest absolute Gasteiger partial charge is 0.258 e. The SMILES string of the molecule is COc1ccc(C2CC(C(=O)N/N=C/c3ccc(O)cc3)NN2)cc1. The maximum Gasteiger partial charge on any atom is 0.258 e. The van der Waals surface area contributed by atoms with Crippen molar-refractivity contribution in [3.05, 3.63) is 59.7 Å². The van der Waals surface area contributed by atoms with Gasteiger partial charge in [-0.15, -0.1) is 0 Å². The van der Waals surface area contributed by atoms with Crippen molar-refractivity contribution in [3.63, 3.8) is 0 Å². The van der Waals surface area contributed by atoms with E-state index in [1.54, 1.807) is 31.4 Å². The van der Waals surface area contributed by atoms with E-state index in [4.69, 9.17) is 4.74 Å². The molecule has 1 fully saturated rings. The second-order valence-electron chi connectivity index (χ2n) is 5.73. The molecule has 2 atom stereocenters. The Labute approximate surface area is 145 Å². The van der Waals surface area contributed by atoms with Crippen LogP contribution in [0, 0.1) is 0 Å². The zero-order valence-corrected chi connectivity index (χ0v) is 13.8. The number of aromatic hydroxyl groups is 1. The molecule has 0 bridgehead atoms. The minimum absolute atomic E-state index is 0.0442. The van der Waals surface area contributed by atoms with Crippen molar-refractivity contribution in [2.75, 3.05) is 7.11 Å². The van der Waals surface area contributed by atoms with Crippen molar-refractivity contribution >= 4 is 12.1 Å². The highest BCUT2D eigenvalue weighted by Gasteiger charge is 2.29. The minimum atomic E-state index is -0.371. The number of methoxy groups -OCH3 is 1. The van der Waals surface area contributed by atoms with Crippen molar-refractivity contribution < 1.29 is 14.6 Å². The average molecular weight is 340 g/mol. The molecule has 1 amide bonds. The van der Waals surface area contributed by atoms with Gasteiger partial charge in [0.15, 0.2) is 0 Å². The lowest BCUT2D eigenvalue weighted by atomic mass is 10.0. The van der Waals surface area contributed by atoms with Gasteiger partial charge in [0.1, 0.15) is 17.5 Å². The van der Waals surface area contributed by atoms with Gasteiger partial charge in [-0.3, -0.25) is 4.79 Å². The Balaban J connectivity index is 1.52. The summed E-state index contributed by atoms with van der Waals surface area (Å²) in [5.41, 5.74) is 10.5. The van der Waals surface area contributed by atoms with E-state index in [0.717, 1.165) is 16.9 Å². The van der Waals surface area contributed by atoms with Crippen molar-refractivity contribution in [3.8, 4) is 11.5 Å². The van der Waals surface area contributed by atoms with E-state index < -0.39 is 0 Å². The molecule has 2 aromatic rings. The zero-order valence-electron chi connectivity index (χ0n) is 13.8. The number of ether oxygens (including phenoxy) is 1. The summed E-state index contributed by atoms with van der Waals surface area (Å²) in [6, 6.07) is 13.9. The fourth-order valence-corrected chi connectivity index (χ4v) is 2.59. The molecule has 25 heavy (non-hydrogen) atoms. The first-order valence-electron chi connectivity index (χ1n) is 7.92. The van der Waals surface area contributed by atoms with Gasteiger partial charge in [0.25, 0.3) is 5.91 Å². The number of hydrazone groups is 1. The molecule has 4 N–H and O–H groups in total. The Kier molecular flexibility index (Phi) is 5.27. The van der Waals surface area contributed by atoms with Crippen molar-refractivity contribution in [2.24, 2.45) is 5.10 Å². The van der Waals surface area contributed by atoms with Gasteiger partial charge in [-0.1, -0.05) is 12.1 Å². The van der Waals surface area contributed by atoms with Crippen LogP contribution in [0.15, 0.2) is 53.6 Å². The number of phenolic OH excluding ortho intramolecular Hbond substituents is 1. The Morgan fingerprint density at radius 1 is 1.20 bits per heavy atom. The van der Waals surface area contributed by atoms with E-state index in [2.05, 4.69) is 21.4 Å². The van der Waals surface area contributed by atoms with Gasteiger partial charge < -0.3 is 9.84 Å². The number of hydrogen-bond donors (Lipinski definition) is 4. The lowest BCUT2D eigenvalue weighted by Crippen LogP contribution is -2.41. The molecular weight excluding hydrogens is 320 g/mol. The molecular formula is C18H20N4O3. The maximum atomic E-state index is 12.2. The zero-order chi connectivity index (χ0) is 17.6. The number of rotatable bonds is 5. The van der Waals surface area contributed by atoms with E-state index in [0.29, 0.717) is 6.42 Å². The summed E-state index contributed by atoms with van der Waals surface area (Å²) < 4.78 is 5.15. The van der Waals surface area contributed by atoms with Crippen LogP contribution in [0.5, 0.6) is 11.5 Å². The number of phenols is 1. The van der Waals surface area contributed by atoms with Crippen LogP contribution < -0.4 is 21.0 Å². The van der Waals surface area contributed by atoms with Crippen LogP contribution in [0.4, 0.5) is 0 Å². The van der Waals surface area contributed by atoms with E-state index in [9.17, 15) is 9.90 Å². The maximum absolute atomic E-state index is 12.2. The molecule has 1 heterocycles. The standard InChI is InChI=1S/C18H20N4O3/c1-25-15-8-4-13(5-9-15)16-10-17(21-20-16)18(24)22-19-11-12-2-6-14(23)7-3-12/h2-9,11,16-17,20-21,23H,10H2,1H3,(H,22,24)/b19-11+. The topological polar surface area (TPSA) is 95.0 Å². The van der Waals surface area contributed by atoms with Crippen molar-refractivity contribution in [1.29, 1.82) is 0 Å². The number of nitrogens with one attached hydrogen (secondary N) is 3.